The molecule has 0 saturated heterocycles. The lowest BCUT2D eigenvalue weighted by atomic mass is 10.1. The van der Waals surface area contributed by atoms with Crippen LogP contribution in [0.5, 0.6) is 0 Å². The van der Waals surface area contributed by atoms with E-state index in [2.05, 4.69) is 34.3 Å². The SMILES string of the molecule is CNCc1nc(N(C)C(C)C)cc2c1CN(c1cccc(-c3nnc4n3[C@H](CO)CC4)n1)C2=O. The molecule has 5 heterocycles. The van der Waals surface area contributed by atoms with Gasteiger partial charge in [-0.3, -0.25) is 9.69 Å². The monoisotopic (exact) mass is 462 g/mol. The van der Waals surface area contributed by atoms with Crippen molar-refractivity contribution in [1.29, 1.82) is 0 Å². The second-order valence-electron chi connectivity index (χ2n) is 9.15. The third-order valence-electron chi connectivity index (χ3n) is 6.75. The number of amides is 1. The van der Waals surface area contributed by atoms with Crippen molar-refractivity contribution in [3.05, 3.63) is 46.9 Å². The first kappa shape index (κ1) is 22.4. The molecule has 178 valence electrons. The fourth-order valence-corrected chi connectivity index (χ4v) is 4.64. The van der Waals surface area contributed by atoms with Gasteiger partial charge in [0.2, 0.25) is 0 Å². The van der Waals surface area contributed by atoms with Crippen molar-refractivity contribution in [2.75, 3.05) is 30.5 Å². The highest BCUT2D eigenvalue weighted by molar-refractivity contribution is 6.10. The lowest BCUT2D eigenvalue weighted by molar-refractivity contribution is 0.0996. The van der Waals surface area contributed by atoms with Crippen LogP contribution in [-0.4, -0.2) is 62.5 Å². The van der Waals surface area contributed by atoms with E-state index >= 15 is 0 Å². The van der Waals surface area contributed by atoms with E-state index in [1.165, 1.54) is 0 Å². The maximum absolute atomic E-state index is 13.5. The predicted molar refractivity (Wildman–Crippen MR) is 129 cm³/mol. The summed E-state index contributed by atoms with van der Waals surface area (Å²) in [7, 11) is 3.87. The first-order chi connectivity index (χ1) is 16.4. The predicted octanol–water partition coefficient (Wildman–Crippen LogP) is 1.94. The molecule has 3 aromatic heterocycles. The van der Waals surface area contributed by atoms with Crippen LogP contribution in [0.25, 0.3) is 11.5 Å². The topological polar surface area (TPSA) is 112 Å². The van der Waals surface area contributed by atoms with Crippen LogP contribution in [0.1, 0.15) is 53.7 Å². The van der Waals surface area contributed by atoms with E-state index in [0.29, 0.717) is 36.0 Å². The molecule has 10 heteroatoms. The number of anilines is 2. The van der Waals surface area contributed by atoms with E-state index < -0.39 is 0 Å². The number of pyridine rings is 2. The van der Waals surface area contributed by atoms with Crippen LogP contribution in [0.15, 0.2) is 24.3 Å². The van der Waals surface area contributed by atoms with Crippen LogP contribution in [0.4, 0.5) is 11.6 Å². The molecule has 2 N–H and O–H groups in total. The van der Waals surface area contributed by atoms with Crippen LogP contribution in [-0.2, 0) is 19.5 Å². The van der Waals surface area contributed by atoms with Gasteiger partial charge in [0.1, 0.15) is 23.2 Å². The Morgan fingerprint density at radius 2 is 2.09 bits per heavy atom. The van der Waals surface area contributed by atoms with E-state index in [1.54, 1.807) is 4.90 Å². The number of fused-ring (bicyclic) bond motifs is 2. The third-order valence-corrected chi connectivity index (χ3v) is 6.75. The first-order valence-electron chi connectivity index (χ1n) is 11.7. The van der Waals surface area contributed by atoms with Crippen molar-refractivity contribution in [3.63, 3.8) is 0 Å². The Kier molecular flexibility index (Phi) is 5.78. The van der Waals surface area contributed by atoms with E-state index in [-0.39, 0.29) is 24.6 Å². The minimum absolute atomic E-state index is 0.0338. The number of aromatic nitrogens is 5. The first-order valence-corrected chi connectivity index (χ1v) is 11.7. The summed E-state index contributed by atoms with van der Waals surface area (Å²) in [4.78, 5) is 26.9. The fourth-order valence-electron chi connectivity index (χ4n) is 4.64. The number of hydrogen-bond donors (Lipinski definition) is 2. The highest BCUT2D eigenvalue weighted by atomic mass is 16.3. The minimum Gasteiger partial charge on any atom is -0.394 e. The maximum atomic E-state index is 13.5. The van der Waals surface area contributed by atoms with Gasteiger partial charge in [0.15, 0.2) is 5.82 Å². The zero-order valence-electron chi connectivity index (χ0n) is 20.0. The molecule has 10 nitrogen and oxygen atoms in total. The van der Waals surface area contributed by atoms with Gasteiger partial charge < -0.3 is 19.9 Å². The van der Waals surface area contributed by atoms with E-state index in [9.17, 15) is 9.90 Å². The molecule has 0 spiro atoms. The summed E-state index contributed by atoms with van der Waals surface area (Å²) in [5, 5.41) is 21.6. The van der Waals surface area contributed by atoms with E-state index in [0.717, 1.165) is 35.7 Å². The molecule has 3 aromatic rings. The standard InChI is InChI=1S/C24H30N8O2/c1-14(2)30(4)22-10-16-17(19(27-22)11-25-3)12-31(24(16)34)20-7-5-6-18(26-20)23-29-28-21-9-8-15(13-33)32(21)23/h5-7,10,14-15,25,33H,8-9,11-13H2,1-4H3/t15-/m0/s1. The molecule has 0 saturated carbocycles. The average Bonchev–Trinajstić information content (AvgIpc) is 3.53. The van der Waals surface area contributed by atoms with Crippen LogP contribution >= 0.6 is 0 Å². The molecule has 0 aliphatic carbocycles. The summed E-state index contributed by atoms with van der Waals surface area (Å²) in [5.74, 6) is 2.73. The van der Waals surface area contributed by atoms with Gasteiger partial charge in [-0.15, -0.1) is 10.2 Å². The second-order valence-corrected chi connectivity index (χ2v) is 9.15. The lowest BCUT2D eigenvalue weighted by Crippen LogP contribution is -2.27. The summed E-state index contributed by atoms with van der Waals surface area (Å²) in [6.45, 7) is 5.21. The molecule has 1 atom stereocenters. The minimum atomic E-state index is -0.0856. The van der Waals surface area contributed by atoms with Gasteiger partial charge in [0, 0.05) is 31.6 Å². The van der Waals surface area contributed by atoms with Crippen LogP contribution in [0, 0.1) is 0 Å². The van der Waals surface area contributed by atoms with Gasteiger partial charge in [0.25, 0.3) is 5.91 Å². The number of rotatable bonds is 7. The van der Waals surface area contributed by atoms with Gasteiger partial charge in [-0.25, -0.2) is 9.97 Å². The number of nitrogens with one attached hydrogen (secondary N) is 1. The summed E-state index contributed by atoms with van der Waals surface area (Å²) in [5.41, 5.74) is 3.10. The number of aliphatic hydroxyl groups excluding tert-OH is 1. The van der Waals surface area contributed by atoms with Crippen molar-refractivity contribution in [3.8, 4) is 11.5 Å². The Hall–Kier alpha value is -3.37. The zero-order chi connectivity index (χ0) is 24.0. The van der Waals surface area contributed by atoms with Crippen LogP contribution in [0.3, 0.4) is 0 Å². The highest BCUT2D eigenvalue weighted by Gasteiger charge is 2.34. The van der Waals surface area contributed by atoms with E-state index in [1.807, 2.05) is 42.9 Å². The Balaban J connectivity index is 1.51. The molecule has 0 bridgehead atoms. The van der Waals surface area contributed by atoms with Crippen molar-refractivity contribution < 1.29 is 9.90 Å². The van der Waals surface area contributed by atoms with Gasteiger partial charge in [-0.1, -0.05) is 6.07 Å². The van der Waals surface area contributed by atoms with Crippen molar-refractivity contribution in [1.82, 2.24) is 30.0 Å². The fraction of sp³-hybridized carbons (Fsp3) is 0.458. The molecule has 5 rings (SSSR count). The molecule has 1 amide bonds. The molecule has 0 radical (unpaired) electrons. The lowest BCUT2D eigenvalue weighted by Gasteiger charge is -2.24. The zero-order valence-corrected chi connectivity index (χ0v) is 20.0. The molecule has 0 fully saturated rings. The molecule has 34 heavy (non-hydrogen) atoms. The molecule has 2 aliphatic heterocycles. The van der Waals surface area contributed by atoms with Crippen molar-refractivity contribution >= 4 is 17.5 Å². The van der Waals surface area contributed by atoms with Gasteiger partial charge in [-0.2, -0.15) is 0 Å². The number of aliphatic hydroxyl groups is 1. The number of hydrogen-bond acceptors (Lipinski definition) is 8. The number of aryl methyl sites for hydroxylation is 1. The molecular weight excluding hydrogens is 432 g/mol. The largest absolute Gasteiger partial charge is 0.394 e. The van der Waals surface area contributed by atoms with E-state index in [4.69, 9.17) is 9.97 Å². The summed E-state index contributed by atoms with van der Waals surface area (Å²) < 4.78 is 1.97. The third kappa shape index (κ3) is 3.63. The molecular formula is C24H30N8O2. The van der Waals surface area contributed by atoms with Crippen molar-refractivity contribution in [2.24, 2.45) is 0 Å². The van der Waals surface area contributed by atoms with Crippen LogP contribution < -0.4 is 15.1 Å². The Labute approximate surface area is 198 Å². The maximum Gasteiger partial charge on any atom is 0.260 e. The summed E-state index contributed by atoms with van der Waals surface area (Å²) in [6, 6.07) is 7.68. The number of nitrogens with zero attached hydrogens (tertiary/aromatic N) is 7. The normalized spacial score (nSPS) is 16.9. The Morgan fingerprint density at radius 3 is 2.82 bits per heavy atom. The summed E-state index contributed by atoms with van der Waals surface area (Å²) >= 11 is 0. The Bertz CT molecular complexity index is 1240. The smallest absolute Gasteiger partial charge is 0.260 e. The molecule has 0 unspecified atom stereocenters. The quantitative estimate of drug-likeness (QED) is 0.548. The molecule has 0 aromatic carbocycles. The van der Waals surface area contributed by atoms with Crippen LogP contribution in [0.2, 0.25) is 0 Å². The van der Waals surface area contributed by atoms with Crippen molar-refractivity contribution in [2.45, 2.75) is 51.9 Å². The number of carbonyl (C=O) groups is 1. The summed E-state index contributed by atoms with van der Waals surface area (Å²) in [6.07, 6.45) is 1.62. The number of carbonyl (C=O) groups excluding carboxylic acids is 1. The molecule has 2 aliphatic rings. The van der Waals surface area contributed by atoms with Gasteiger partial charge in [-0.05, 0) is 45.5 Å². The second kappa shape index (κ2) is 8.77. The Morgan fingerprint density at radius 1 is 1.26 bits per heavy atom. The highest BCUT2D eigenvalue weighted by Crippen LogP contribution is 2.34. The average molecular weight is 463 g/mol. The van der Waals surface area contributed by atoms with Gasteiger partial charge in [0.05, 0.1) is 30.5 Å². The van der Waals surface area contributed by atoms with Gasteiger partial charge >= 0.3 is 0 Å².